The van der Waals surface area contributed by atoms with Crippen molar-refractivity contribution in [3.63, 3.8) is 0 Å². The fourth-order valence-electron chi connectivity index (χ4n) is 5.75. The first-order chi connectivity index (χ1) is 17.7. The van der Waals surface area contributed by atoms with Crippen molar-refractivity contribution in [2.75, 3.05) is 39.5 Å². The summed E-state index contributed by atoms with van der Waals surface area (Å²) in [7, 11) is 0. The van der Waals surface area contributed by atoms with Crippen LogP contribution in [-0.4, -0.2) is 87.8 Å². The molecular weight excluding hydrogens is 474 g/mol. The zero-order valence-corrected chi connectivity index (χ0v) is 22.1. The fourth-order valence-corrected chi connectivity index (χ4v) is 5.75. The molecule has 202 valence electrons. The van der Waals surface area contributed by atoms with Gasteiger partial charge in [0, 0.05) is 24.9 Å². The van der Waals surface area contributed by atoms with Crippen LogP contribution < -0.4 is 9.47 Å². The molecule has 2 aromatic rings. The zero-order valence-electron chi connectivity index (χ0n) is 22.1. The number of pyridine rings is 1. The van der Waals surface area contributed by atoms with Crippen LogP contribution >= 0.6 is 0 Å². The SMILES string of the molecule is CC(C)(C)[N+]1(C(CO)COCc2ccccc2)CCC(N(Cc2cc3c(cn2)OCCO3)C(=O)O)CC1. The first kappa shape index (κ1) is 27.2. The number of carbonyl (C=O) groups is 1. The van der Waals surface area contributed by atoms with Crippen molar-refractivity contribution in [3.05, 3.63) is 53.9 Å². The zero-order chi connectivity index (χ0) is 26.5. The number of hydrogen-bond donors (Lipinski definition) is 2. The third-order valence-corrected chi connectivity index (χ3v) is 7.90. The van der Waals surface area contributed by atoms with Crippen LogP contribution in [0.5, 0.6) is 11.5 Å². The van der Waals surface area contributed by atoms with Crippen molar-refractivity contribution in [2.45, 2.75) is 64.4 Å². The molecule has 1 aromatic carbocycles. The van der Waals surface area contributed by atoms with Gasteiger partial charge in [-0.05, 0) is 26.3 Å². The second kappa shape index (κ2) is 11.7. The van der Waals surface area contributed by atoms with Crippen LogP contribution in [-0.2, 0) is 17.9 Å². The van der Waals surface area contributed by atoms with E-state index in [1.807, 2.05) is 30.3 Å². The van der Waals surface area contributed by atoms with E-state index in [9.17, 15) is 15.0 Å². The number of aliphatic hydroxyl groups excluding tert-OH is 1. The maximum Gasteiger partial charge on any atom is 0.407 e. The number of ether oxygens (including phenoxy) is 3. The molecule has 1 amide bonds. The Kier molecular flexibility index (Phi) is 8.56. The number of benzene rings is 1. The molecule has 0 bridgehead atoms. The Morgan fingerprint density at radius 2 is 1.84 bits per heavy atom. The lowest BCUT2D eigenvalue weighted by atomic mass is 9.89. The minimum Gasteiger partial charge on any atom is -0.486 e. The normalized spacial score (nSPS) is 22.3. The number of quaternary nitrogens is 1. The Balaban J connectivity index is 1.43. The summed E-state index contributed by atoms with van der Waals surface area (Å²) in [5.74, 6) is 1.20. The van der Waals surface area contributed by atoms with Gasteiger partial charge in [-0.2, -0.15) is 0 Å². The molecule has 2 aliphatic rings. The van der Waals surface area contributed by atoms with E-state index in [-0.39, 0.29) is 30.8 Å². The molecule has 4 rings (SSSR count). The van der Waals surface area contributed by atoms with Crippen LogP contribution in [0.1, 0.15) is 44.9 Å². The van der Waals surface area contributed by atoms with Gasteiger partial charge in [0.05, 0.1) is 50.3 Å². The summed E-state index contributed by atoms with van der Waals surface area (Å²) >= 11 is 0. The molecule has 0 saturated carbocycles. The molecule has 2 N–H and O–H groups in total. The summed E-state index contributed by atoms with van der Waals surface area (Å²) in [5, 5.41) is 20.5. The predicted molar refractivity (Wildman–Crippen MR) is 139 cm³/mol. The van der Waals surface area contributed by atoms with Crippen LogP contribution in [0.25, 0.3) is 0 Å². The van der Waals surface area contributed by atoms with Crippen LogP contribution in [0.3, 0.4) is 0 Å². The molecule has 9 nitrogen and oxygen atoms in total. The van der Waals surface area contributed by atoms with Gasteiger partial charge in [-0.1, -0.05) is 30.3 Å². The summed E-state index contributed by atoms with van der Waals surface area (Å²) in [6, 6.07) is 11.6. The molecule has 2 aliphatic heterocycles. The molecule has 1 unspecified atom stereocenters. The molecule has 1 aromatic heterocycles. The first-order valence-electron chi connectivity index (χ1n) is 13.1. The van der Waals surface area contributed by atoms with E-state index in [2.05, 4.69) is 25.8 Å². The number of likely N-dealkylation sites (tertiary alicyclic amines) is 1. The smallest absolute Gasteiger partial charge is 0.407 e. The van der Waals surface area contributed by atoms with Crippen molar-refractivity contribution >= 4 is 6.09 Å². The number of piperidine rings is 1. The highest BCUT2D eigenvalue weighted by molar-refractivity contribution is 5.65. The summed E-state index contributed by atoms with van der Waals surface area (Å²) < 4.78 is 17.9. The average Bonchev–Trinajstić information content (AvgIpc) is 2.89. The Bertz CT molecular complexity index is 1030. The highest BCUT2D eigenvalue weighted by Gasteiger charge is 2.49. The number of hydrogen-bond acceptors (Lipinski definition) is 6. The molecule has 1 atom stereocenters. The van der Waals surface area contributed by atoms with Gasteiger partial charge in [0.2, 0.25) is 0 Å². The van der Waals surface area contributed by atoms with Crippen LogP contribution in [0.4, 0.5) is 4.79 Å². The third-order valence-electron chi connectivity index (χ3n) is 7.90. The van der Waals surface area contributed by atoms with E-state index in [1.165, 1.54) is 4.90 Å². The van der Waals surface area contributed by atoms with Crippen LogP contribution in [0.15, 0.2) is 42.6 Å². The van der Waals surface area contributed by atoms with Crippen molar-refractivity contribution in [1.29, 1.82) is 0 Å². The summed E-state index contributed by atoms with van der Waals surface area (Å²) in [6.45, 7) is 10.2. The number of carboxylic acid groups (broad SMARTS) is 1. The lowest BCUT2D eigenvalue weighted by molar-refractivity contribution is -0.996. The number of aromatic nitrogens is 1. The van der Waals surface area contributed by atoms with Crippen LogP contribution in [0, 0.1) is 0 Å². The van der Waals surface area contributed by atoms with Gasteiger partial charge in [0.25, 0.3) is 0 Å². The molecule has 9 heteroatoms. The largest absolute Gasteiger partial charge is 0.486 e. The monoisotopic (exact) mass is 514 g/mol. The van der Waals surface area contributed by atoms with Gasteiger partial charge >= 0.3 is 6.09 Å². The van der Waals surface area contributed by atoms with Gasteiger partial charge in [-0.3, -0.25) is 9.88 Å². The number of rotatable bonds is 9. The molecule has 0 spiro atoms. The lowest BCUT2D eigenvalue weighted by Gasteiger charge is -2.56. The van der Waals surface area contributed by atoms with Crippen molar-refractivity contribution in [1.82, 2.24) is 9.88 Å². The van der Waals surface area contributed by atoms with Crippen molar-refractivity contribution in [2.24, 2.45) is 0 Å². The highest BCUT2D eigenvalue weighted by atomic mass is 16.6. The summed E-state index contributed by atoms with van der Waals surface area (Å²) in [6.07, 6.45) is 2.04. The summed E-state index contributed by atoms with van der Waals surface area (Å²) in [4.78, 5) is 18.2. The first-order valence-corrected chi connectivity index (χ1v) is 13.1. The second-order valence-electron chi connectivity index (χ2n) is 11.0. The predicted octanol–water partition coefficient (Wildman–Crippen LogP) is 3.69. The Labute approximate surface area is 219 Å². The second-order valence-corrected chi connectivity index (χ2v) is 11.0. The van der Waals surface area contributed by atoms with E-state index in [4.69, 9.17) is 14.2 Å². The molecule has 1 saturated heterocycles. The lowest BCUT2D eigenvalue weighted by Crippen LogP contribution is -2.71. The maximum atomic E-state index is 12.3. The summed E-state index contributed by atoms with van der Waals surface area (Å²) in [5.41, 5.74) is 1.60. The number of aliphatic hydroxyl groups is 1. The van der Waals surface area contributed by atoms with Gasteiger partial charge in [-0.15, -0.1) is 0 Å². The molecular formula is C28H40N3O6+. The van der Waals surface area contributed by atoms with Gasteiger partial charge in [0.1, 0.15) is 25.9 Å². The minimum absolute atomic E-state index is 0.0144. The molecule has 3 heterocycles. The van der Waals surface area contributed by atoms with Crippen molar-refractivity contribution < 1.29 is 33.7 Å². The molecule has 1 fully saturated rings. The quantitative estimate of drug-likeness (QED) is 0.492. The van der Waals surface area contributed by atoms with Crippen molar-refractivity contribution in [3.8, 4) is 11.5 Å². The number of amides is 1. The average molecular weight is 515 g/mol. The Hall–Kier alpha value is -2.88. The van der Waals surface area contributed by atoms with Gasteiger partial charge < -0.3 is 28.9 Å². The maximum absolute atomic E-state index is 12.3. The highest BCUT2D eigenvalue weighted by Crippen LogP contribution is 2.36. The van der Waals surface area contributed by atoms with Gasteiger partial charge in [-0.25, -0.2) is 4.79 Å². The van der Waals surface area contributed by atoms with Gasteiger partial charge in [0.15, 0.2) is 11.5 Å². The molecule has 37 heavy (non-hydrogen) atoms. The van der Waals surface area contributed by atoms with E-state index < -0.39 is 6.09 Å². The van der Waals surface area contributed by atoms with E-state index in [1.54, 1.807) is 12.3 Å². The van der Waals surface area contributed by atoms with Crippen LogP contribution in [0.2, 0.25) is 0 Å². The third kappa shape index (κ3) is 6.17. The van der Waals surface area contributed by atoms with E-state index in [0.29, 0.717) is 60.9 Å². The number of nitrogens with zero attached hydrogens (tertiary/aromatic N) is 3. The fraction of sp³-hybridized carbons (Fsp3) is 0.571. The standard InChI is InChI=1S/C28H39N3O6/c1-28(2,3)31(24(18-32)20-35-19-21-7-5-4-6-8-21)11-9-23(10-12-31)30(27(33)34)17-22-15-25-26(16-29-22)37-14-13-36-25/h4-8,15-16,23-24,32H,9-14,17-20H2,1-3H3/p+1. The number of fused-ring (bicyclic) bond motifs is 1. The Morgan fingerprint density at radius 3 is 2.46 bits per heavy atom. The topological polar surface area (TPSA) is 101 Å². The molecule has 0 radical (unpaired) electrons. The Morgan fingerprint density at radius 1 is 1.16 bits per heavy atom. The minimum atomic E-state index is -0.956. The van der Waals surface area contributed by atoms with E-state index in [0.717, 1.165) is 18.7 Å². The van der Waals surface area contributed by atoms with E-state index >= 15 is 0 Å². The molecule has 0 aliphatic carbocycles.